The Morgan fingerprint density at radius 2 is 1.70 bits per heavy atom. The summed E-state index contributed by atoms with van der Waals surface area (Å²) in [6.45, 7) is 7.63. The molecule has 0 radical (unpaired) electrons. The highest BCUT2D eigenvalue weighted by atomic mass is 79.9. The SMILES string of the molecule is Cc1cc(SCC(=O)OCC(=O)c2cc(C)n(-c3ccccc3)c2C)c(C)cc1Br. The number of nitrogens with zero attached hydrogens (tertiary/aromatic N) is 1. The summed E-state index contributed by atoms with van der Waals surface area (Å²) in [5, 5.41) is 0. The number of carbonyl (C=O) groups is 2. The largest absolute Gasteiger partial charge is 0.457 e. The van der Waals surface area contributed by atoms with Crippen LogP contribution in [0.3, 0.4) is 0 Å². The first-order chi connectivity index (χ1) is 14.3. The molecule has 0 aliphatic heterocycles. The van der Waals surface area contributed by atoms with Crippen LogP contribution in [0.2, 0.25) is 0 Å². The highest BCUT2D eigenvalue weighted by Gasteiger charge is 2.18. The molecule has 0 atom stereocenters. The average molecular weight is 486 g/mol. The van der Waals surface area contributed by atoms with E-state index in [1.165, 1.54) is 11.8 Å². The first-order valence-corrected chi connectivity index (χ1v) is 11.4. The molecule has 0 fully saturated rings. The first kappa shape index (κ1) is 22.4. The molecule has 0 unspecified atom stereocenters. The number of hydrogen-bond acceptors (Lipinski definition) is 4. The van der Waals surface area contributed by atoms with Crippen LogP contribution in [0.5, 0.6) is 0 Å². The van der Waals surface area contributed by atoms with Crippen LogP contribution in [0, 0.1) is 27.7 Å². The van der Waals surface area contributed by atoms with Crippen LogP contribution in [0.15, 0.2) is 57.9 Å². The summed E-state index contributed by atoms with van der Waals surface area (Å²) in [4.78, 5) is 25.9. The number of thioether (sulfide) groups is 1. The number of ether oxygens (including phenoxy) is 1. The van der Waals surface area contributed by atoms with Gasteiger partial charge in [-0.1, -0.05) is 34.1 Å². The van der Waals surface area contributed by atoms with Gasteiger partial charge in [-0.15, -0.1) is 11.8 Å². The lowest BCUT2D eigenvalue weighted by atomic mass is 10.1. The van der Waals surface area contributed by atoms with E-state index in [0.717, 1.165) is 37.6 Å². The lowest BCUT2D eigenvalue weighted by Gasteiger charge is -2.10. The number of Topliss-reactive ketones (excluding diaryl/α,β-unsaturated/α-hetero) is 1. The number of esters is 1. The third-order valence-electron chi connectivity index (χ3n) is 4.91. The second-order valence-corrected chi connectivity index (χ2v) is 9.07. The molecule has 4 nitrogen and oxygen atoms in total. The lowest BCUT2D eigenvalue weighted by Crippen LogP contribution is -2.16. The molecule has 1 heterocycles. The van der Waals surface area contributed by atoms with Crippen molar-refractivity contribution in [1.82, 2.24) is 4.57 Å². The summed E-state index contributed by atoms with van der Waals surface area (Å²) in [6, 6.07) is 15.8. The van der Waals surface area contributed by atoms with E-state index in [-0.39, 0.29) is 18.1 Å². The maximum absolute atomic E-state index is 12.7. The Bertz CT molecular complexity index is 1090. The molecule has 0 saturated carbocycles. The minimum absolute atomic E-state index is 0.165. The highest BCUT2D eigenvalue weighted by Crippen LogP contribution is 2.28. The molecule has 6 heteroatoms. The minimum Gasteiger partial charge on any atom is -0.457 e. The van der Waals surface area contributed by atoms with Gasteiger partial charge in [0, 0.05) is 32.0 Å². The molecular weight excluding hydrogens is 462 g/mol. The van der Waals surface area contributed by atoms with Gasteiger partial charge in [0.25, 0.3) is 0 Å². The number of rotatable bonds is 7. The van der Waals surface area contributed by atoms with Crippen molar-refractivity contribution in [2.45, 2.75) is 32.6 Å². The van der Waals surface area contributed by atoms with Crippen LogP contribution < -0.4 is 0 Å². The van der Waals surface area contributed by atoms with Crippen LogP contribution in [-0.2, 0) is 9.53 Å². The van der Waals surface area contributed by atoms with Crippen LogP contribution >= 0.6 is 27.7 Å². The molecule has 0 bridgehead atoms. The van der Waals surface area contributed by atoms with E-state index >= 15 is 0 Å². The second-order valence-electron chi connectivity index (χ2n) is 7.20. The van der Waals surface area contributed by atoms with Crippen molar-refractivity contribution in [3.05, 3.63) is 81.1 Å². The molecule has 30 heavy (non-hydrogen) atoms. The fourth-order valence-corrected chi connectivity index (χ4v) is 4.69. The van der Waals surface area contributed by atoms with Crippen LogP contribution in [0.1, 0.15) is 32.9 Å². The van der Waals surface area contributed by atoms with Gasteiger partial charge in [0.2, 0.25) is 5.78 Å². The Hall–Kier alpha value is -2.31. The third-order valence-corrected chi connectivity index (χ3v) is 6.90. The summed E-state index contributed by atoms with van der Waals surface area (Å²) in [6.07, 6.45) is 0. The number of para-hydroxylation sites is 1. The zero-order valence-electron chi connectivity index (χ0n) is 17.5. The summed E-state index contributed by atoms with van der Waals surface area (Å²) in [7, 11) is 0. The van der Waals surface area contributed by atoms with E-state index in [2.05, 4.69) is 15.9 Å². The smallest absolute Gasteiger partial charge is 0.316 e. The van der Waals surface area contributed by atoms with E-state index in [1.807, 2.05) is 80.8 Å². The predicted molar refractivity (Wildman–Crippen MR) is 125 cm³/mol. The molecule has 0 N–H and O–H groups in total. The zero-order chi connectivity index (χ0) is 21.8. The number of benzene rings is 2. The molecule has 0 saturated heterocycles. The third kappa shape index (κ3) is 5.05. The first-order valence-electron chi connectivity index (χ1n) is 9.60. The summed E-state index contributed by atoms with van der Waals surface area (Å²) in [5.74, 6) is -0.428. The monoisotopic (exact) mass is 485 g/mol. The van der Waals surface area contributed by atoms with E-state index in [0.29, 0.717) is 5.56 Å². The van der Waals surface area contributed by atoms with Gasteiger partial charge in [-0.2, -0.15) is 0 Å². The molecule has 1 aromatic heterocycles. The van der Waals surface area contributed by atoms with E-state index < -0.39 is 5.97 Å². The molecule has 2 aromatic carbocycles. The molecular formula is C24H24BrNO3S. The predicted octanol–water partition coefficient (Wildman–Crippen LogP) is 5.99. The fraction of sp³-hybridized carbons (Fsp3) is 0.250. The highest BCUT2D eigenvalue weighted by molar-refractivity contribution is 9.10. The van der Waals surface area contributed by atoms with E-state index in [1.54, 1.807) is 0 Å². The molecule has 0 aliphatic carbocycles. The van der Waals surface area contributed by atoms with Crippen LogP contribution in [-0.4, -0.2) is 28.7 Å². The van der Waals surface area contributed by atoms with Gasteiger partial charge in [0.15, 0.2) is 6.61 Å². The molecule has 0 spiro atoms. The van der Waals surface area contributed by atoms with E-state index in [4.69, 9.17) is 4.74 Å². The Balaban J connectivity index is 1.61. The Labute approximate surface area is 189 Å². The minimum atomic E-state index is -0.398. The van der Waals surface area contributed by atoms with Crippen molar-refractivity contribution >= 4 is 39.4 Å². The van der Waals surface area contributed by atoms with Gasteiger partial charge in [0.1, 0.15) is 0 Å². The number of ketones is 1. The van der Waals surface area contributed by atoms with Gasteiger partial charge < -0.3 is 9.30 Å². The number of hydrogen-bond donors (Lipinski definition) is 0. The van der Waals surface area contributed by atoms with Gasteiger partial charge >= 0.3 is 5.97 Å². The van der Waals surface area contributed by atoms with E-state index in [9.17, 15) is 9.59 Å². The number of halogens is 1. The fourth-order valence-electron chi connectivity index (χ4n) is 3.33. The van der Waals surface area contributed by atoms with Crippen LogP contribution in [0.4, 0.5) is 0 Å². The number of carbonyl (C=O) groups excluding carboxylic acids is 2. The van der Waals surface area contributed by atoms with Crippen molar-refractivity contribution in [2.24, 2.45) is 0 Å². The topological polar surface area (TPSA) is 48.3 Å². The molecule has 0 amide bonds. The van der Waals surface area contributed by atoms with Crippen molar-refractivity contribution in [3.8, 4) is 5.69 Å². The summed E-state index contributed by atoms with van der Waals surface area (Å²) in [5.41, 5.74) is 5.59. The zero-order valence-corrected chi connectivity index (χ0v) is 19.9. The molecule has 3 aromatic rings. The normalized spacial score (nSPS) is 10.8. The quantitative estimate of drug-likeness (QED) is 0.234. The van der Waals surface area contributed by atoms with Gasteiger partial charge in [0.05, 0.1) is 5.75 Å². The van der Waals surface area contributed by atoms with Crippen LogP contribution in [0.25, 0.3) is 5.69 Å². The van der Waals surface area contributed by atoms with Crippen molar-refractivity contribution in [3.63, 3.8) is 0 Å². The van der Waals surface area contributed by atoms with Crippen molar-refractivity contribution < 1.29 is 14.3 Å². The second kappa shape index (κ2) is 9.67. The maximum Gasteiger partial charge on any atom is 0.316 e. The summed E-state index contributed by atoms with van der Waals surface area (Å²) >= 11 is 4.93. The summed E-state index contributed by atoms with van der Waals surface area (Å²) < 4.78 is 8.33. The number of aromatic nitrogens is 1. The van der Waals surface area contributed by atoms with Crippen molar-refractivity contribution in [2.75, 3.05) is 12.4 Å². The van der Waals surface area contributed by atoms with Gasteiger partial charge in [-0.25, -0.2) is 0 Å². The lowest BCUT2D eigenvalue weighted by molar-refractivity contribution is -0.139. The molecule has 156 valence electrons. The number of aryl methyl sites for hydroxylation is 3. The molecule has 3 rings (SSSR count). The Morgan fingerprint density at radius 3 is 2.40 bits per heavy atom. The van der Waals surface area contributed by atoms with Crippen molar-refractivity contribution in [1.29, 1.82) is 0 Å². The molecule has 0 aliphatic rings. The average Bonchev–Trinajstić information content (AvgIpc) is 3.02. The Kier molecular flexibility index (Phi) is 7.21. The Morgan fingerprint density at radius 1 is 1.00 bits per heavy atom. The maximum atomic E-state index is 12.7. The van der Waals surface area contributed by atoms with Gasteiger partial charge in [-0.05, 0) is 69.2 Å². The standard InChI is InChI=1S/C24H24BrNO3S/c1-15-11-23(16(2)10-21(15)25)30-14-24(28)29-13-22(27)20-12-17(3)26(18(20)4)19-8-6-5-7-9-19/h5-12H,13-14H2,1-4H3. The van der Waals surface area contributed by atoms with Gasteiger partial charge in [-0.3, -0.25) is 9.59 Å².